The Hall–Kier alpha value is -0.556. The van der Waals surface area contributed by atoms with Crippen LogP contribution in [0.4, 0.5) is 0 Å². The van der Waals surface area contributed by atoms with Gasteiger partial charge in [-0.15, -0.1) is 0 Å². The van der Waals surface area contributed by atoms with Crippen molar-refractivity contribution in [2.75, 3.05) is 0 Å². The zero-order valence-electron chi connectivity index (χ0n) is 12.1. The largest absolute Gasteiger partial charge is 0.389 e. The molecule has 0 fully saturated rings. The van der Waals surface area contributed by atoms with E-state index in [4.69, 9.17) is 9.47 Å². The number of hydrogen-bond acceptors (Lipinski definition) is 6. The molecule has 0 heterocycles. The fourth-order valence-electron chi connectivity index (χ4n) is 1.30. The Kier molecular flexibility index (Phi) is 9.38. The van der Waals surface area contributed by atoms with Gasteiger partial charge in [-0.3, -0.25) is 9.59 Å². The smallest absolute Gasteiger partial charge is 0.382 e. The van der Waals surface area contributed by atoms with E-state index >= 15 is 0 Å². The maximum atomic E-state index is 11.9. The molecule has 0 aromatic carbocycles. The summed E-state index contributed by atoms with van der Waals surface area (Å²) in [5.41, 5.74) is 0. The molecule has 0 aromatic heterocycles. The van der Waals surface area contributed by atoms with Crippen molar-refractivity contribution in [3.63, 3.8) is 0 Å². The first-order chi connectivity index (χ1) is 8.11. The number of ether oxygens (including phenoxy) is 3. The van der Waals surface area contributed by atoms with Crippen LogP contribution in [-0.4, -0.2) is 35.7 Å². The van der Waals surface area contributed by atoms with Gasteiger partial charge < -0.3 is 14.2 Å². The van der Waals surface area contributed by atoms with E-state index in [0.717, 1.165) is 13.8 Å². The third-order valence-corrected chi connectivity index (χ3v) is 1.77. The van der Waals surface area contributed by atoms with Gasteiger partial charge in [-0.1, -0.05) is 0 Å². The standard InChI is InChI=1S/C12H20O6.Ti/c1-7(2)17-12(9(5)13,18-8(3)4)11(15)16-10(6)14;/h7-8H,1-6H3;. The van der Waals surface area contributed by atoms with Crippen LogP contribution in [0.2, 0.25) is 0 Å². The Labute approximate surface area is 128 Å². The Morgan fingerprint density at radius 1 is 0.895 bits per heavy atom. The third kappa shape index (κ3) is 6.43. The van der Waals surface area contributed by atoms with E-state index in [1.54, 1.807) is 27.7 Å². The number of rotatable bonds is 6. The average molecular weight is 308 g/mol. The van der Waals surface area contributed by atoms with Gasteiger partial charge in [-0.2, -0.15) is 0 Å². The quantitative estimate of drug-likeness (QED) is 0.318. The normalized spacial score (nSPS) is 11.2. The summed E-state index contributed by atoms with van der Waals surface area (Å²) >= 11 is 0. The summed E-state index contributed by atoms with van der Waals surface area (Å²) < 4.78 is 15.0. The molecule has 0 atom stereocenters. The molecule has 0 spiro atoms. The molecule has 0 aromatic rings. The first-order valence-corrected chi connectivity index (χ1v) is 5.71. The van der Waals surface area contributed by atoms with Crippen LogP contribution in [0.15, 0.2) is 0 Å². The SMILES string of the molecule is CC(=O)OC(=O)C(OC(C)C)(OC(C)C)C(C)=O.[Ti]. The second-order valence-electron chi connectivity index (χ2n) is 4.39. The van der Waals surface area contributed by atoms with Crippen LogP contribution in [0.1, 0.15) is 41.5 Å². The second-order valence-corrected chi connectivity index (χ2v) is 4.39. The monoisotopic (exact) mass is 308 g/mol. The number of carbonyl (C=O) groups excluding carboxylic acids is 3. The summed E-state index contributed by atoms with van der Waals surface area (Å²) in [7, 11) is 0. The van der Waals surface area contributed by atoms with Gasteiger partial charge >= 0.3 is 17.7 Å². The van der Waals surface area contributed by atoms with Gasteiger partial charge in [0.15, 0.2) is 0 Å². The van der Waals surface area contributed by atoms with E-state index in [9.17, 15) is 14.4 Å². The molecule has 0 bridgehead atoms. The number of carbonyl (C=O) groups is 3. The van der Waals surface area contributed by atoms with E-state index in [1.165, 1.54) is 0 Å². The van der Waals surface area contributed by atoms with Crippen LogP contribution in [-0.2, 0) is 50.3 Å². The predicted molar refractivity (Wildman–Crippen MR) is 62.6 cm³/mol. The summed E-state index contributed by atoms with van der Waals surface area (Å²) in [4.78, 5) is 34.4. The Morgan fingerprint density at radius 2 is 1.26 bits per heavy atom. The molecule has 108 valence electrons. The van der Waals surface area contributed by atoms with Crippen LogP contribution in [0.25, 0.3) is 0 Å². The van der Waals surface area contributed by atoms with Crippen molar-refractivity contribution in [1.82, 2.24) is 0 Å². The molecular formula is C12H20O6Ti. The maximum absolute atomic E-state index is 11.9. The third-order valence-electron chi connectivity index (χ3n) is 1.77. The molecule has 0 aliphatic rings. The van der Waals surface area contributed by atoms with Crippen molar-refractivity contribution in [2.45, 2.75) is 59.5 Å². The number of esters is 2. The van der Waals surface area contributed by atoms with Gasteiger partial charge in [0.25, 0.3) is 0 Å². The molecule has 0 radical (unpaired) electrons. The fraction of sp³-hybridized carbons (Fsp3) is 0.750. The van der Waals surface area contributed by atoms with Crippen molar-refractivity contribution in [3.05, 3.63) is 0 Å². The van der Waals surface area contributed by atoms with Crippen LogP contribution in [0.5, 0.6) is 0 Å². The zero-order chi connectivity index (χ0) is 14.5. The number of hydrogen-bond donors (Lipinski definition) is 0. The molecule has 0 saturated carbocycles. The van der Waals surface area contributed by atoms with Crippen molar-refractivity contribution in [1.29, 1.82) is 0 Å². The molecule has 0 saturated heterocycles. The molecule has 0 N–H and O–H groups in total. The van der Waals surface area contributed by atoms with Crippen molar-refractivity contribution in [3.8, 4) is 0 Å². The Bertz CT molecular complexity index is 327. The minimum atomic E-state index is -2.19. The summed E-state index contributed by atoms with van der Waals surface area (Å²) in [5, 5.41) is 0. The van der Waals surface area contributed by atoms with E-state index < -0.39 is 35.7 Å². The number of Topliss-reactive ketones (excluding diaryl/α,β-unsaturated/α-hetero) is 1. The van der Waals surface area contributed by atoms with Gasteiger partial charge in [0.1, 0.15) is 0 Å². The molecule has 0 aliphatic carbocycles. The summed E-state index contributed by atoms with van der Waals surface area (Å²) in [6.45, 7) is 8.77. The zero-order valence-corrected chi connectivity index (χ0v) is 13.7. The Morgan fingerprint density at radius 3 is 1.47 bits per heavy atom. The van der Waals surface area contributed by atoms with Gasteiger partial charge in [0, 0.05) is 35.6 Å². The average Bonchev–Trinajstić information content (AvgIpc) is 2.13. The molecule has 6 nitrogen and oxygen atoms in total. The molecule has 0 rings (SSSR count). The summed E-state index contributed by atoms with van der Waals surface area (Å²) in [6, 6.07) is 0. The van der Waals surface area contributed by atoms with E-state index in [2.05, 4.69) is 4.74 Å². The molecule has 0 aliphatic heterocycles. The van der Waals surface area contributed by atoms with Gasteiger partial charge in [0.2, 0.25) is 5.78 Å². The number of ketones is 1. The summed E-state index contributed by atoms with van der Waals surface area (Å²) in [5.74, 6) is -4.83. The van der Waals surface area contributed by atoms with Crippen molar-refractivity contribution in [2.24, 2.45) is 0 Å². The van der Waals surface area contributed by atoms with Crippen molar-refractivity contribution >= 4 is 17.7 Å². The predicted octanol–water partition coefficient (Wildman–Crippen LogP) is 1.21. The van der Waals surface area contributed by atoms with Gasteiger partial charge in [0.05, 0.1) is 12.2 Å². The van der Waals surface area contributed by atoms with E-state index in [-0.39, 0.29) is 21.7 Å². The molecule has 0 amide bonds. The molecule has 7 heteroatoms. The van der Waals surface area contributed by atoms with E-state index in [1.807, 2.05) is 0 Å². The van der Waals surface area contributed by atoms with Gasteiger partial charge in [-0.25, -0.2) is 4.79 Å². The Balaban J connectivity index is 0. The first-order valence-electron chi connectivity index (χ1n) is 5.71. The first kappa shape index (κ1) is 20.8. The van der Waals surface area contributed by atoms with Crippen LogP contribution < -0.4 is 0 Å². The minimum absolute atomic E-state index is 0. The molecular weight excluding hydrogens is 288 g/mol. The van der Waals surface area contributed by atoms with Crippen LogP contribution in [0.3, 0.4) is 0 Å². The second kappa shape index (κ2) is 8.58. The molecule has 19 heavy (non-hydrogen) atoms. The van der Waals surface area contributed by atoms with Gasteiger partial charge in [-0.05, 0) is 27.7 Å². The maximum Gasteiger partial charge on any atom is 0.382 e. The van der Waals surface area contributed by atoms with Crippen molar-refractivity contribution < 1.29 is 50.3 Å². The summed E-state index contributed by atoms with van der Waals surface area (Å²) in [6.07, 6.45) is -0.903. The minimum Gasteiger partial charge on any atom is -0.389 e. The molecule has 0 unspecified atom stereocenters. The van der Waals surface area contributed by atoms with E-state index in [0.29, 0.717) is 0 Å². The topological polar surface area (TPSA) is 78.9 Å². The van der Waals surface area contributed by atoms with Crippen LogP contribution in [0, 0.1) is 0 Å². The fourth-order valence-corrected chi connectivity index (χ4v) is 1.30. The van der Waals surface area contributed by atoms with Crippen LogP contribution >= 0.6 is 0 Å².